The Hall–Kier alpha value is -2.11. The van der Waals surface area contributed by atoms with E-state index < -0.39 is 5.91 Å². The third-order valence-corrected chi connectivity index (χ3v) is 5.51. The lowest BCUT2D eigenvalue weighted by atomic mass is 9.81. The Balaban J connectivity index is 1.43. The van der Waals surface area contributed by atoms with Crippen molar-refractivity contribution in [1.29, 1.82) is 0 Å². The Labute approximate surface area is 155 Å². The van der Waals surface area contributed by atoms with E-state index in [1.54, 1.807) is 17.1 Å². The molecule has 1 aliphatic heterocycles. The molecule has 2 unspecified atom stereocenters. The molecule has 1 aromatic carbocycles. The second-order valence-electron chi connectivity index (χ2n) is 7.27. The summed E-state index contributed by atoms with van der Waals surface area (Å²) in [6.07, 6.45) is 9.49. The van der Waals surface area contributed by atoms with Crippen molar-refractivity contribution in [3.05, 3.63) is 52.7 Å². The fourth-order valence-corrected chi connectivity index (χ4v) is 4.15. The third-order valence-electron chi connectivity index (χ3n) is 5.51. The lowest BCUT2D eigenvalue weighted by Gasteiger charge is -2.27. The molecule has 0 bridgehead atoms. The zero-order valence-electron chi connectivity index (χ0n) is 15.4. The number of carbonyl (C=O) groups is 1. The zero-order chi connectivity index (χ0) is 18.4. The molecule has 1 saturated carbocycles. The van der Waals surface area contributed by atoms with Crippen LogP contribution in [-0.2, 0) is 11.3 Å². The third kappa shape index (κ3) is 4.74. The molecule has 5 heteroatoms. The van der Waals surface area contributed by atoms with Crippen molar-refractivity contribution in [3.63, 3.8) is 0 Å². The number of fused-ring (bicyclic) bond motifs is 1. The predicted molar refractivity (Wildman–Crippen MR) is 103 cm³/mol. The van der Waals surface area contributed by atoms with E-state index in [9.17, 15) is 4.79 Å². The van der Waals surface area contributed by atoms with Gasteiger partial charge in [0.15, 0.2) is 0 Å². The van der Waals surface area contributed by atoms with E-state index in [1.165, 1.54) is 43.0 Å². The van der Waals surface area contributed by atoms with Crippen molar-refractivity contribution in [3.8, 4) is 0 Å². The smallest absolute Gasteiger partial charge is 0.267 e. The summed E-state index contributed by atoms with van der Waals surface area (Å²) in [5.41, 5.74) is 6.77. The van der Waals surface area contributed by atoms with Crippen LogP contribution in [0.4, 0.5) is 0 Å². The minimum Gasteiger partial charge on any atom is -0.385 e. The van der Waals surface area contributed by atoms with Gasteiger partial charge in [0.05, 0.1) is 0 Å². The Kier molecular flexibility index (Phi) is 6.47. The molecule has 1 fully saturated rings. The molecule has 0 radical (unpaired) electrons. The van der Waals surface area contributed by atoms with Gasteiger partial charge in [-0.1, -0.05) is 37.1 Å². The van der Waals surface area contributed by atoms with Crippen molar-refractivity contribution in [2.75, 3.05) is 6.54 Å². The molecule has 1 aromatic rings. The van der Waals surface area contributed by atoms with E-state index >= 15 is 0 Å². The van der Waals surface area contributed by atoms with Gasteiger partial charge >= 0.3 is 0 Å². The number of rotatable bonds is 7. The quantitative estimate of drug-likeness (QED) is 0.262. The van der Waals surface area contributed by atoms with Gasteiger partial charge in [0.1, 0.15) is 0 Å². The lowest BCUT2D eigenvalue weighted by Crippen LogP contribution is -2.31. The molecule has 3 rings (SSSR count). The van der Waals surface area contributed by atoms with Crippen LogP contribution in [0.25, 0.3) is 6.08 Å². The molecule has 2 atom stereocenters. The molecule has 0 aromatic heterocycles. The van der Waals surface area contributed by atoms with Gasteiger partial charge in [-0.25, -0.2) is 5.48 Å². The Bertz CT molecular complexity index is 679. The minimum atomic E-state index is -0.526. The number of allylic oxidation sites excluding steroid dienone is 1. The first kappa shape index (κ1) is 18.7. The standard InChI is InChI=1S/C21H29N3O2/c1-15-18(19-4-2-3-5-20(19)23-15)12-13-22-14-17-8-6-16(7-9-17)10-11-21(25)24-26/h6-11,19-20,22-23,26H,2-5,12-14H2,1H3,(H,24,25)/b11-10+. The number of carbonyl (C=O) groups excluding carboxylic acids is 1. The van der Waals surface area contributed by atoms with Crippen LogP contribution in [-0.4, -0.2) is 23.7 Å². The van der Waals surface area contributed by atoms with Crippen molar-refractivity contribution in [1.82, 2.24) is 16.1 Å². The summed E-state index contributed by atoms with van der Waals surface area (Å²) in [7, 11) is 0. The average Bonchev–Trinajstić information content (AvgIpc) is 2.99. The zero-order valence-corrected chi connectivity index (χ0v) is 15.4. The molecule has 1 heterocycles. The van der Waals surface area contributed by atoms with Crippen molar-refractivity contribution in [2.45, 2.75) is 51.6 Å². The first-order valence-corrected chi connectivity index (χ1v) is 9.55. The van der Waals surface area contributed by atoms with Crippen LogP contribution in [0.15, 0.2) is 41.6 Å². The normalized spacial score (nSPS) is 22.4. The summed E-state index contributed by atoms with van der Waals surface area (Å²) >= 11 is 0. The number of hydrogen-bond donors (Lipinski definition) is 4. The van der Waals surface area contributed by atoms with Gasteiger partial charge in [-0.2, -0.15) is 0 Å². The maximum Gasteiger partial charge on any atom is 0.267 e. The van der Waals surface area contributed by atoms with Gasteiger partial charge in [0, 0.05) is 30.3 Å². The molecule has 1 amide bonds. The average molecular weight is 355 g/mol. The second-order valence-corrected chi connectivity index (χ2v) is 7.27. The first-order valence-electron chi connectivity index (χ1n) is 9.55. The van der Waals surface area contributed by atoms with Gasteiger partial charge < -0.3 is 10.6 Å². The van der Waals surface area contributed by atoms with Crippen molar-refractivity contribution >= 4 is 12.0 Å². The summed E-state index contributed by atoms with van der Waals surface area (Å²) in [6.45, 7) is 4.07. The minimum absolute atomic E-state index is 0.526. The molecule has 4 N–H and O–H groups in total. The molecule has 2 aliphatic rings. The van der Waals surface area contributed by atoms with Crippen LogP contribution < -0.4 is 16.1 Å². The van der Waals surface area contributed by atoms with Crippen LogP contribution >= 0.6 is 0 Å². The molecule has 0 spiro atoms. The van der Waals surface area contributed by atoms with E-state index in [-0.39, 0.29) is 0 Å². The molecule has 0 saturated heterocycles. The summed E-state index contributed by atoms with van der Waals surface area (Å²) in [5.74, 6) is 0.231. The SMILES string of the molecule is CC1=C(CCNCc2ccc(/C=C/C(=O)NO)cc2)C2CCCCC2N1. The number of amides is 1. The number of hydroxylamine groups is 1. The Morgan fingerprint density at radius 3 is 2.81 bits per heavy atom. The van der Waals surface area contributed by atoms with Crippen LogP contribution in [0.3, 0.4) is 0 Å². The van der Waals surface area contributed by atoms with Crippen LogP contribution in [0.1, 0.15) is 50.2 Å². The highest BCUT2D eigenvalue weighted by Gasteiger charge is 2.33. The molecule has 1 aliphatic carbocycles. The van der Waals surface area contributed by atoms with Gasteiger partial charge in [-0.05, 0) is 55.5 Å². The first-order chi connectivity index (χ1) is 12.7. The molecule has 140 valence electrons. The molecule has 5 nitrogen and oxygen atoms in total. The van der Waals surface area contributed by atoms with Crippen molar-refractivity contribution < 1.29 is 10.0 Å². The van der Waals surface area contributed by atoms with Crippen LogP contribution in [0, 0.1) is 5.92 Å². The Morgan fingerprint density at radius 2 is 2.04 bits per heavy atom. The van der Waals surface area contributed by atoms with E-state index in [0.717, 1.165) is 31.0 Å². The van der Waals surface area contributed by atoms with Gasteiger partial charge in [-0.15, -0.1) is 0 Å². The summed E-state index contributed by atoms with van der Waals surface area (Å²) < 4.78 is 0. The van der Waals surface area contributed by atoms with Gasteiger partial charge in [-0.3, -0.25) is 10.0 Å². The summed E-state index contributed by atoms with van der Waals surface area (Å²) in [5, 5.41) is 15.7. The number of hydrogen-bond acceptors (Lipinski definition) is 4. The summed E-state index contributed by atoms with van der Waals surface area (Å²) in [4.78, 5) is 11.0. The number of benzene rings is 1. The second kappa shape index (κ2) is 9.01. The highest BCUT2D eigenvalue weighted by molar-refractivity contribution is 5.90. The van der Waals surface area contributed by atoms with E-state index in [0.29, 0.717) is 6.04 Å². The van der Waals surface area contributed by atoms with Gasteiger partial charge in [0.25, 0.3) is 5.91 Å². The van der Waals surface area contributed by atoms with Crippen molar-refractivity contribution in [2.24, 2.45) is 5.92 Å². The maximum atomic E-state index is 11.0. The summed E-state index contributed by atoms with van der Waals surface area (Å²) in [6, 6.07) is 8.74. The largest absolute Gasteiger partial charge is 0.385 e. The molecular formula is C21H29N3O2. The highest BCUT2D eigenvalue weighted by Crippen LogP contribution is 2.37. The van der Waals surface area contributed by atoms with Gasteiger partial charge in [0.2, 0.25) is 0 Å². The van der Waals surface area contributed by atoms with E-state index in [2.05, 4.69) is 29.7 Å². The fraction of sp³-hybridized carbons (Fsp3) is 0.476. The number of nitrogens with one attached hydrogen (secondary N) is 3. The van der Waals surface area contributed by atoms with Crippen LogP contribution in [0.2, 0.25) is 0 Å². The fourth-order valence-electron chi connectivity index (χ4n) is 4.15. The molecular weight excluding hydrogens is 326 g/mol. The lowest BCUT2D eigenvalue weighted by molar-refractivity contribution is -0.124. The maximum absolute atomic E-state index is 11.0. The van der Waals surface area contributed by atoms with E-state index in [1.807, 2.05) is 12.1 Å². The predicted octanol–water partition coefficient (Wildman–Crippen LogP) is 3.12. The molecule has 26 heavy (non-hydrogen) atoms. The van der Waals surface area contributed by atoms with Crippen LogP contribution in [0.5, 0.6) is 0 Å². The van der Waals surface area contributed by atoms with E-state index in [4.69, 9.17) is 5.21 Å². The highest BCUT2D eigenvalue weighted by atomic mass is 16.5. The monoisotopic (exact) mass is 355 g/mol. The topological polar surface area (TPSA) is 73.4 Å². The Morgan fingerprint density at radius 1 is 1.27 bits per heavy atom.